The highest BCUT2D eigenvalue weighted by Crippen LogP contribution is 2.31. The van der Waals surface area contributed by atoms with Gasteiger partial charge in [-0.15, -0.1) is 0 Å². The van der Waals surface area contributed by atoms with E-state index >= 15 is 0 Å². The molecule has 0 N–H and O–H groups in total. The van der Waals surface area contributed by atoms with Gasteiger partial charge in [-0.2, -0.15) is 0 Å². The van der Waals surface area contributed by atoms with Gasteiger partial charge in [0, 0.05) is 12.2 Å². The summed E-state index contributed by atoms with van der Waals surface area (Å²) in [5, 5.41) is 0. The molecule has 0 aliphatic carbocycles. The number of carbonyl (C=O) groups excluding carboxylic acids is 6. The molecule has 2 aliphatic rings. The predicted octanol–water partition coefficient (Wildman–Crippen LogP) is 2.86. The summed E-state index contributed by atoms with van der Waals surface area (Å²) in [6.45, 7) is 5.91. The number of esters is 4. The summed E-state index contributed by atoms with van der Waals surface area (Å²) in [6.07, 6.45) is 4.69. The van der Waals surface area contributed by atoms with Gasteiger partial charge in [0.1, 0.15) is 12.2 Å². The van der Waals surface area contributed by atoms with Crippen LogP contribution < -0.4 is 0 Å². The molecule has 238 valence electrons. The van der Waals surface area contributed by atoms with E-state index in [0.29, 0.717) is 11.1 Å². The summed E-state index contributed by atoms with van der Waals surface area (Å²) < 4.78 is 32.3. The lowest BCUT2D eigenvalue weighted by Gasteiger charge is -2.17. The third kappa shape index (κ3) is 9.27. The van der Waals surface area contributed by atoms with E-state index in [1.54, 1.807) is 24.3 Å². The summed E-state index contributed by atoms with van der Waals surface area (Å²) >= 11 is 0. The van der Waals surface area contributed by atoms with Crippen molar-refractivity contribution in [2.24, 2.45) is 0 Å². The molecule has 0 radical (unpaired) electrons. The molecule has 2 aromatic carbocycles. The second-order valence-corrected chi connectivity index (χ2v) is 9.95. The minimum Gasteiger partial charge on any atom is -0.454 e. The molecule has 12 heteroatoms. The molecule has 0 saturated carbocycles. The van der Waals surface area contributed by atoms with Crippen LogP contribution in [0.4, 0.5) is 0 Å². The van der Waals surface area contributed by atoms with Crippen molar-refractivity contribution in [1.82, 2.24) is 0 Å². The topological polar surface area (TPSA) is 158 Å². The first-order valence-electron chi connectivity index (χ1n) is 14.0. The van der Waals surface area contributed by atoms with Crippen LogP contribution in [0.1, 0.15) is 31.8 Å². The van der Waals surface area contributed by atoms with Gasteiger partial charge < -0.3 is 28.4 Å². The van der Waals surface area contributed by atoms with Crippen LogP contribution in [0.5, 0.6) is 0 Å². The molecule has 0 aromatic heterocycles. The lowest BCUT2D eigenvalue weighted by Crippen LogP contribution is -2.36. The van der Waals surface area contributed by atoms with Crippen LogP contribution in [0.2, 0.25) is 0 Å². The van der Waals surface area contributed by atoms with E-state index in [4.69, 9.17) is 28.4 Å². The number of hydrogen-bond acceptors (Lipinski definition) is 12. The third-order valence-corrected chi connectivity index (χ3v) is 6.76. The highest BCUT2D eigenvalue weighted by atomic mass is 16.7. The van der Waals surface area contributed by atoms with Gasteiger partial charge in [-0.25, -0.2) is 19.2 Å². The Balaban J connectivity index is 1.24. The number of rotatable bonds is 14. The predicted molar refractivity (Wildman–Crippen MR) is 161 cm³/mol. The molecule has 2 heterocycles. The van der Waals surface area contributed by atoms with Crippen LogP contribution >= 0.6 is 0 Å². The second kappa shape index (κ2) is 16.0. The average molecular weight is 631 g/mol. The van der Waals surface area contributed by atoms with E-state index in [9.17, 15) is 28.8 Å². The van der Waals surface area contributed by atoms with Crippen molar-refractivity contribution in [3.8, 4) is 0 Å². The molecule has 4 rings (SSSR count). The quantitative estimate of drug-likeness (QED) is 0.171. The van der Waals surface area contributed by atoms with Gasteiger partial charge in [0.05, 0.1) is 24.3 Å². The molecule has 2 aromatic rings. The first-order valence-corrected chi connectivity index (χ1v) is 14.0. The van der Waals surface area contributed by atoms with E-state index < -0.39 is 73.1 Å². The number of carbonyl (C=O) groups is 6. The van der Waals surface area contributed by atoms with Crippen LogP contribution in [-0.4, -0.2) is 86.3 Å². The van der Waals surface area contributed by atoms with Gasteiger partial charge in [-0.05, 0) is 59.7 Å². The van der Waals surface area contributed by atoms with E-state index in [1.165, 1.54) is 36.4 Å². The summed E-state index contributed by atoms with van der Waals surface area (Å²) in [7, 11) is 0. The van der Waals surface area contributed by atoms with Gasteiger partial charge in [0.2, 0.25) is 0 Å². The van der Waals surface area contributed by atoms with Gasteiger partial charge in [-0.1, -0.05) is 37.4 Å². The molecule has 0 bridgehead atoms. The van der Waals surface area contributed by atoms with Gasteiger partial charge in [0.25, 0.3) is 0 Å². The van der Waals surface area contributed by atoms with Crippen molar-refractivity contribution >= 4 is 47.6 Å². The second-order valence-electron chi connectivity index (χ2n) is 9.95. The number of hydrogen-bond donors (Lipinski definition) is 0. The van der Waals surface area contributed by atoms with Crippen LogP contribution in [0.3, 0.4) is 0 Å². The molecule has 2 saturated heterocycles. The Kier molecular flexibility index (Phi) is 11.6. The lowest BCUT2D eigenvalue weighted by molar-refractivity contribution is -0.142. The first kappa shape index (κ1) is 33.4. The van der Waals surface area contributed by atoms with E-state index in [2.05, 4.69) is 13.2 Å². The molecular formula is C34H30O12. The lowest BCUT2D eigenvalue weighted by atomic mass is 10.1. The van der Waals surface area contributed by atoms with Gasteiger partial charge >= 0.3 is 23.9 Å². The number of benzene rings is 2. The minimum absolute atomic E-state index is 0.0532. The standard InChI is InChI=1S/C34H30O12/c1-3-25(35)17-41-29(37)15-9-21-5-11-23(12-6-21)33(39)45-27-19-43-32-28(20-44-31(27)32)46-34(40)24-13-7-22(8-14-24)10-16-30(38)42-18-26(36)4-2/h3-16,27-28,31-32H,1-2,17-20H2/b15-9+,16-10+/t27-,28-,31?,32?/m1/s1. The van der Waals surface area contributed by atoms with E-state index in [0.717, 1.165) is 24.3 Å². The first-order chi connectivity index (χ1) is 22.2. The van der Waals surface area contributed by atoms with Crippen molar-refractivity contribution < 1.29 is 57.2 Å². The molecule has 0 spiro atoms. The van der Waals surface area contributed by atoms with E-state index in [1.807, 2.05) is 0 Å². The van der Waals surface area contributed by atoms with Crippen molar-refractivity contribution in [2.45, 2.75) is 24.4 Å². The van der Waals surface area contributed by atoms with Gasteiger partial charge in [-0.3, -0.25) is 9.59 Å². The summed E-state index contributed by atoms with van der Waals surface area (Å²) in [4.78, 5) is 71.2. The molecule has 2 aliphatic heterocycles. The van der Waals surface area contributed by atoms with E-state index in [-0.39, 0.29) is 24.3 Å². The maximum absolute atomic E-state index is 12.8. The summed E-state index contributed by atoms with van der Waals surface area (Å²) in [6, 6.07) is 12.5. The number of fused-ring (bicyclic) bond motifs is 1. The Morgan fingerprint density at radius 1 is 0.630 bits per heavy atom. The summed E-state index contributed by atoms with van der Waals surface area (Å²) in [5.74, 6) is -3.44. The molecule has 46 heavy (non-hydrogen) atoms. The molecule has 0 amide bonds. The SMILES string of the molecule is C=CC(=O)COC(=O)/C=C/c1ccc(C(=O)O[C@@H]2COC3C2OC[C@H]3OC(=O)c2ccc(/C=C/C(=O)OCC(=O)C=C)cc2)cc1. The zero-order chi connectivity index (χ0) is 33.1. The molecule has 4 atom stereocenters. The largest absolute Gasteiger partial charge is 0.454 e. The van der Waals surface area contributed by atoms with Crippen LogP contribution in [0.25, 0.3) is 12.2 Å². The monoisotopic (exact) mass is 630 g/mol. The highest BCUT2D eigenvalue weighted by molar-refractivity contribution is 5.95. The van der Waals surface area contributed by atoms with Crippen molar-refractivity contribution in [3.63, 3.8) is 0 Å². The minimum atomic E-state index is -0.721. The third-order valence-electron chi connectivity index (χ3n) is 6.76. The zero-order valence-electron chi connectivity index (χ0n) is 24.5. The van der Waals surface area contributed by atoms with Crippen LogP contribution in [-0.2, 0) is 47.6 Å². The molecule has 2 unspecified atom stereocenters. The Hall–Kier alpha value is -5.46. The van der Waals surface area contributed by atoms with Crippen molar-refractivity contribution in [2.75, 3.05) is 26.4 Å². The summed E-state index contributed by atoms with van der Waals surface area (Å²) in [5.41, 5.74) is 1.75. The maximum atomic E-state index is 12.8. The fourth-order valence-electron chi connectivity index (χ4n) is 4.33. The van der Waals surface area contributed by atoms with Crippen molar-refractivity contribution in [3.05, 3.63) is 108 Å². The normalized spacial score (nSPS) is 20.1. The maximum Gasteiger partial charge on any atom is 0.338 e. The fourth-order valence-corrected chi connectivity index (χ4v) is 4.33. The van der Waals surface area contributed by atoms with Crippen LogP contribution in [0, 0.1) is 0 Å². The Labute approximate surface area is 263 Å². The Morgan fingerprint density at radius 3 is 1.35 bits per heavy atom. The zero-order valence-corrected chi connectivity index (χ0v) is 24.5. The molecule has 2 fully saturated rings. The number of ketones is 2. The Bertz CT molecular complexity index is 1430. The van der Waals surface area contributed by atoms with Gasteiger partial charge in [0.15, 0.2) is 37.0 Å². The Morgan fingerprint density at radius 2 is 1.00 bits per heavy atom. The highest BCUT2D eigenvalue weighted by Gasteiger charge is 2.51. The average Bonchev–Trinajstić information content (AvgIpc) is 3.67. The molecular weight excluding hydrogens is 600 g/mol. The van der Waals surface area contributed by atoms with Crippen molar-refractivity contribution in [1.29, 1.82) is 0 Å². The van der Waals surface area contributed by atoms with Crippen LogP contribution in [0.15, 0.2) is 86.0 Å². The fraction of sp³-hybridized carbons (Fsp3) is 0.235. The smallest absolute Gasteiger partial charge is 0.338 e. The molecule has 12 nitrogen and oxygen atoms in total. The number of ether oxygens (including phenoxy) is 6.